The molecule has 0 aromatic heterocycles. The van der Waals surface area contributed by atoms with Gasteiger partial charge in [0.05, 0.1) is 19.4 Å². The molecule has 0 unspecified atom stereocenters. The van der Waals surface area contributed by atoms with Gasteiger partial charge in [-0.25, -0.2) is 4.79 Å². The fourth-order valence-corrected chi connectivity index (χ4v) is 4.61. The Bertz CT molecular complexity index is 696. The zero-order chi connectivity index (χ0) is 23.0. The van der Waals surface area contributed by atoms with Gasteiger partial charge in [0.2, 0.25) is 0 Å². The topological polar surface area (TPSA) is 83.1 Å². The maximum Gasteiger partial charge on any atom is 0.407 e. The quantitative estimate of drug-likeness (QED) is 0.476. The number of ether oxygens (including phenoxy) is 2. The van der Waals surface area contributed by atoms with Crippen molar-refractivity contribution in [2.24, 2.45) is 0 Å². The summed E-state index contributed by atoms with van der Waals surface area (Å²) in [6.07, 6.45) is -0.0763. The molecular formula is C22H38NO6P. The smallest absolute Gasteiger partial charge is 0.407 e. The van der Waals surface area contributed by atoms with Crippen molar-refractivity contribution < 1.29 is 27.9 Å². The van der Waals surface area contributed by atoms with Crippen LogP contribution in [-0.2, 0) is 24.8 Å². The van der Waals surface area contributed by atoms with Crippen molar-refractivity contribution in [1.82, 2.24) is 5.32 Å². The van der Waals surface area contributed by atoms with Gasteiger partial charge in [-0.2, -0.15) is 0 Å². The Morgan fingerprint density at radius 2 is 1.50 bits per heavy atom. The average molecular weight is 444 g/mol. The second-order valence-electron chi connectivity index (χ2n) is 9.03. The lowest BCUT2D eigenvalue weighted by atomic mass is 10.1. The van der Waals surface area contributed by atoms with E-state index in [4.69, 9.17) is 18.5 Å². The lowest BCUT2D eigenvalue weighted by Crippen LogP contribution is -2.42. The Labute approximate surface area is 181 Å². The molecule has 1 atom stereocenters. The van der Waals surface area contributed by atoms with Crippen LogP contribution in [0.15, 0.2) is 24.3 Å². The summed E-state index contributed by atoms with van der Waals surface area (Å²) in [4.78, 5) is 12.3. The van der Waals surface area contributed by atoms with E-state index >= 15 is 0 Å². The zero-order valence-corrected chi connectivity index (χ0v) is 20.5. The third kappa shape index (κ3) is 11.0. The third-order valence-corrected chi connectivity index (χ3v) is 5.84. The first-order chi connectivity index (χ1) is 13.8. The number of benzene rings is 1. The Morgan fingerprint density at radius 3 is 1.93 bits per heavy atom. The minimum atomic E-state index is -3.35. The highest BCUT2D eigenvalue weighted by molar-refractivity contribution is 7.53. The summed E-state index contributed by atoms with van der Waals surface area (Å²) in [5.41, 5.74) is 0.0329. The lowest BCUT2D eigenvalue weighted by molar-refractivity contribution is 0.0508. The van der Waals surface area contributed by atoms with Gasteiger partial charge in [0.25, 0.3) is 0 Å². The number of alkyl carbamates (subject to hydrolysis) is 1. The number of hydrogen-bond donors (Lipinski definition) is 1. The van der Waals surface area contributed by atoms with E-state index in [-0.39, 0.29) is 25.0 Å². The Hall–Kier alpha value is -1.56. The molecule has 0 aliphatic heterocycles. The van der Waals surface area contributed by atoms with Gasteiger partial charge in [0.15, 0.2) is 0 Å². The predicted octanol–water partition coefficient (Wildman–Crippen LogP) is 5.57. The molecule has 0 spiro atoms. The van der Waals surface area contributed by atoms with E-state index in [9.17, 15) is 9.36 Å². The monoisotopic (exact) mass is 443 g/mol. The first kappa shape index (κ1) is 26.5. The molecule has 0 saturated carbocycles. The number of rotatable bonds is 10. The minimum Gasteiger partial charge on any atom is -0.488 e. The molecule has 1 aromatic rings. The number of carbonyl (C=O) groups excluding carboxylic acids is 1. The summed E-state index contributed by atoms with van der Waals surface area (Å²) in [5.74, 6) is 0.761. The number of nitrogens with one attached hydrogen (secondary N) is 1. The molecule has 1 N–H and O–H groups in total. The van der Waals surface area contributed by atoms with Crippen LogP contribution in [0.2, 0.25) is 0 Å². The highest BCUT2D eigenvalue weighted by Gasteiger charge is 2.30. The van der Waals surface area contributed by atoms with Crippen LogP contribution < -0.4 is 10.1 Å². The van der Waals surface area contributed by atoms with Crippen molar-refractivity contribution in [2.45, 2.75) is 79.1 Å². The molecule has 8 heteroatoms. The fourth-order valence-electron chi connectivity index (χ4n) is 2.77. The van der Waals surface area contributed by atoms with Crippen LogP contribution in [0.3, 0.4) is 0 Å². The molecule has 30 heavy (non-hydrogen) atoms. The maximum atomic E-state index is 13.0. The van der Waals surface area contributed by atoms with Crippen LogP contribution in [0, 0.1) is 0 Å². The van der Waals surface area contributed by atoms with E-state index in [1.807, 2.05) is 45.0 Å². The van der Waals surface area contributed by atoms with Crippen LogP contribution in [0.1, 0.15) is 61.0 Å². The molecule has 1 amide bonds. The normalized spacial score (nSPS) is 13.6. The summed E-state index contributed by atoms with van der Waals surface area (Å²) in [5, 5.41) is 2.82. The molecule has 1 aromatic carbocycles. The molecule has 0 radical (unpaired) electrons. The third-order valence-electron chi connectivity index (χ3n) is 3.65. The molecule has 0 heterocycles. The Balaban J connectivity index is 2.99. The molecule has 0 saturated heterocycles. The van der Waals surface area contributed by atoms with E-state index in [0.29, 0.717) is 6.42 Å². The summed E-state index contributed by atoms with van der Waals surface area (Å²) >= 11 is 0. The predicted molar refractivity (Wildman–Crippen MR) is 119 cm³/mol. The summed E-state index contributed by atoms with van der Waals surface area (Å²) < 4.78 is 35.1. The van der Waals surface area contributed by atoms with Crippen LogP contribution in [0.5, 0.6) is 5.75 Å². The SMILES string of the molecule is CCOP(=O)(C[C@H](Cc1ccc(OC(C)(C)C)cc1)NC(=O)OC(C)(C)C)OCC. The van der Waals surface area contributed by atoms with Crippen LogP contribution in [0.25, 0.3) is 0 Å². The van der Waals surface area contributed by atoms with E-state index in [1.165, 1.54) is 0 Å². The molecule has 0 aliphatic rings. The Morgan fingerprint density at radius 1 is 0.967 bits per heavy atom. The number of amides is 1. The summed E-state index contributed by atoms with van der Waals surface area (Å²) in [6, 6.07) is 7.14. The standard InChI is InChI=1S/C22H38NO6P/c1-9-26-30(25,27-10-2)16-18(23-20(24)29-22(6,7)8)15-17-11-13-19(14-12-17)28-21(3,4)5/h11-14,18H,9-10,15-16H2,1-8H3,(H,23,24)/t18-/m0/s1. The van der Waals surface area contributed by atoms with Gasteiger partial charge in [-0.05, 0) is 79.5 Å². The van der Waals surface area contributed by atoms with Crippen molar-refractivity contribution in [3.8, 4) is 5.75 Å². The minimum absolute atomic E-state index is 0.0498. The molecule has 1 rings (SSSR count). The number of hydrogen-bond acceptors (Lipinski definition) is 6. The van der Waals surface area contributed by atoms with Gasteiger partial charge < -0.3 is 23.8 Å². The molecule has 0 aliphatic carbocycles. The fraction of sp³-hybridized carbons (Fsp3) is 0.682. The summed E-state index contributed by atoms with van der Waals surface area (Å²) in [7, 11) is -3.35. The van der Waals surface area contributed by atoms with Crippen LogP contribution >= 0.6 is 7.60 Å². The Kier molecular flexibility index (Phi) is 9.86. The van der Waals surface area contributed by atoms with Crippen molar-refractivity contribution >= 4 is 13.7 Å². The summed E-state index contributed by atoms with van der Waals surface area (Å²) in [6.45, 7) is 15.4. The highest BCUT2D eigenvalue weighted by atomic mass is 31.2. The van der Waals surface area contributed by atoms with Gasteiger partial charge >= 0.3 is 13.7 Å². The van der Waals surface area contributed by atoms with E-state index in [0.717, 1.165) is 11.3 Å². The molecule has 172 valence electrons. The molecule has 7 nitrogen and oxygen atoms in total. The zero-order valence-electron chi connectivity index (χ0n) is 19.6. The highest BCUT2D eigenvalue weighted by Crippen LogP contribution is 2.48. The van der Waals surface area contributed by atoms with E-state index < -0.39 is 25.3 Å². The second-order valence-corrected chi connectivity index (χ2v) is 11.1. The number of carbonyl (C=O) groups is 1. The van der Waals surface area contributed by atoms with Gasteiger partial charge in [0, 0.05) is 6.04 Å². The van der Waals surface area contributed by atoms with Crippen LogP contribution in [0.4, 0.5) is 4.79 Å². The molecule has 0 fully saturated rings. The second kappa shape index (κ2) is 11.2. The van der Waals surface area contributed by atoms with Crippen molar-refractivity contribution in [1.29, 1.82) is 0 Å². The lowest BCUT2D eigenvalue weighted by Gasteiger charge is -2.26. The van der Waals surface area contributed by atoms with Gasteiger partial charge in [-0.1, -0.05) is 12.1 Å². The average Bonchev–Trinajstić information content (AvgIpc) is 2.53. The van der Waals surface area contributed by atoms with Crippen molar-refractivity contribution in [3.05, 3.63) is 29.8 Å². The van der Waals surface area contributed by atoms with Crippen molar-refractivity contribution in [3.63, 3.8) is 0 Å². The van der Waals surface area contributed by atoms with Gasteiger partial charge in [0.1, 0.15) is 17.0 Å². The van der Waals surface area contributed by atoms with E-state index in [2.05, 4.69) is 5.32 Å². The van der Waals surface area contributed by atoms with Crippen LogP contribution in [-0.4, -0.2) is 42.7 Å². The molecular weight excluding hydrogens is 405 g/mol. The van der Waals surface area contributed by atoms with E-state index in [1.54, 1.807) is 34.6 Å². The van der Waals surface area contributed by atoms with Gasteiger partial charge in [-0.15, -0.1) is 0 Å². The van der Waals surface area contributed by atoms with Crippen molar-refractivity contribution in [2.75, 3.05) is 19.4 Å². The van der Waals surface area contributed by atoms with Gasteiger partial charge in [-0.3, -0.25) is 4.57 Å². The first-order valence-corrected chi connectivity index (χ1v) is 12.1. The largest absolute Gasteiger partial charge is 0.488 e. The maximum absolute atomic E-state index is 13.0. The molecule has 0 bridgehead atoms. The first-order valence-electron chi connectivity index (χ1n) is 10.4.